The van der Waals surface area contributed by atoms with E-state index in [4.69, 9.17) is 0 Å². The van der Waals surface area contributed by atoms with Gasteiger partial charge in [-0.1, -0.05) is 162 Å². The topological polar surface area (TPSA) is 0 Å². The van der Waals surface area contributed by atoms with Crippen molar-refractivity contribution in [2.24, 2.45) is 5.92 Å². The van der Waals surface area contributed by atoms with Gasteiger partial charge in [-0.3, -0.25) is 0 Å². The maximum atomic E-state index is 4.02. The number of halogens is 1. The van der Waals surface area contributed by atoms with Crippen molar-refractivity contribution in [3.05, 3.63) is 177 Å². The van der Waals surface area contributed by atoms with Crippen LogP contribution in [0, 0.1) is 5.92 Å². The fourth-order valence-electron chi connectivity index (χ4n) is 8.12. The molecule has 210 valence electrons. The lowest BCUT2D eigenvalue weighted by Gasteiger charge is -2.41. The number of allylic oxidation sites excluding steroid dienone is 4. The van der Waals surface area contributed by atoms with Gasteiger partial charge in [-0.15, -0.1) is 0 Å². The SMILES string of the molecule is CC1CC2=C(C=C1Br)C(c1ccc3ccccc3c1)c1c(c3ccccc3c3ccccc13)C2c1ccc2ccccc2c1. The predicted molar refractivity (Wildman–Crippen MR) is 191 cm³/mol. The molecule has 0 aromatic heterocycles. The van der Waals surface area contributed by atoms with Crippen LogP contribution in [0.5, 0.6) is 0 Å². The molecule has 0 saturated carbocycles. The molecular weight excluding hydrogens is 596 g/mol. The van der Waals surface area contributed by atoms with Crippen LogP contribution >= 0.6 is 15.9 Å². The molecule has 9 rings (SSSR count). The van der Waals surface area contributed by atoms with Gasteiger partial charge < -0.3 is 0 Å². The van der Waals surface area contributed by atoms with Gasteiger partial charge in [0, 0.05) is 11.8 Å². The summed E-state index contributed by atoms with van der Waals surface area (Å²) in [6.07, 6.45) is 3.51. The second-order valence-corrected chi connectivity index (χ2v) is 13.5. The third-order valence-corrected chi connectivity index (χ3v) is 11.1. The fraction of sp³-hybridized carbons (Fsp3) is 0.116. The zero-order valence-electron chi connectivity index (χ0n) is 24.6. The molecule has 0 spiro atoms. The second-order valence-electron chi connectivity index (χ2n) is 12.6. The summed E-state index contributed by atoms with van der Waals surface area (Å²) in [4.78, 5) is 0. The number of hydrogen-bond acceptors (Lipinski definition) is 0. The molecule has 7 aromatic carbocycles. The van der Waals surface area contributed by atoms with Gasteiger partial charge in [0.15, 0.2) is 0 Å². The molecule has 0 saturated heterocycles. The molecule has 0 radical (unpaired) electrons. The van der Waals surface area contributed by atoms with E-state index in [1.165, 1.54) is 75.4 Å². The molecule has 0 N–H and O–H groups in total. The minimum atomic E-state index is 0.135. The third-order valence-electron chi connectivity index (χ3n) is 10.1. The van der Waals surface area contributed by atoms with E-state index in [9.17, 15) is 0 Å². The Morgan fingerprint density at radius 3 is 1.52 bits per heavy atom. The van der Waals surface area contributed by atoms with Crippen LogP contribution in [-0.2, 0) is 0 Å². The highest BCUT2D eigenvalue weighted by Gasteiger charge is 2.40. The Morgan fingerprint density at radius 1 is 0.500 bits per heavy atom. The molecule has 1 heteroatoms. The average Bonchev–Trinajstić information content (AvgIpc) is 3.07. The standard InChI is InChI=1S/C43H31Br/c1-26-22-37-38(25-39(26)44)41(32-21-19-28-11-3-5-13-30(28)24-32)43-36-17-9-7-15-34(36)33-14-6-8-16-35(33)42(43)40(37)31-20-18-27-10-2-4-12-29(27)23-31/h2-21,23-26,40-41H,22H2,1H3. The summed E-state index contributed by atoms with van der Waals surface area (Å²) in [5.74, 6) is 0.744. The monoisotopic (exact) mass is 626 g/mol. The summed E-state index contributed by atoms with van der Waals surface area (Å²) in [6.45, 7) is 2.36. The molecule has 3 atom stereocenters. The average molecular weight is 628 g/mol. The number of benzene rings is 7. The summed E-state index contributed by atoms with van der Waals surface area (Å²) < 4.78 is 1.30. The van der Waals surface area contributed by atoms with Crippen molar-refractivity contribution in [1.82, 2.24) is 0 Å². The molecule has 0 nitrogen and oxygen atoms in total. The zero-order valence-corrected chi connectivity index (χ0v) is 26.2. The molecule has 2 aliphatic rings. The Balaban J connectivity index is 1.45. The maximum Gasteiger partial charge on any atom is 0.0349 e. The lowest BCUT2D eigenvalue weighted by atomic mass is 9.63. The first-order valence-electron chi connectivity index (χ1n) is 15.7. The summed E-state index contributed by atoms with van der Waals surface area (Å²) in [5, 5.41) is 10.6. The Morgan fingerprint density at radius 2 is 0.955 bits per heavy atom. The first kappa shape index (κ1) is 26.0. The van der Waals surface area contributed by atoms with E-state index in [2.05, 4.69) is 162 Å². The molecule has 44 heavy (non-hydrogen) atoms. The van der Waals surface area contributed by atoms with E-state index in [1.54, 1.807) is 5.57 Å². The highest BCUT2D eigenvalue weighted by atomic mass is 79.9. The molecule has 7 aromatic rings. The van der Waals surface area contributed by atoms with Crippen molar-refractivity contribution in [2.45, 2.75) is 25.2 Å². The lowest BCUT2D eigenvalue weighted by Crippen LogP contribution is -2.25. The van der Waals surface area contributed by atoms with Gasteiger partial charge in [-0.05, 0) is 93.8 Å². The third kappa shape index (κ3) is 3.89. The minimum Gasteiger partial charge on any atom is -0.0616 e. The van der Waals surface area contributed by atoms with Crippen LogP contribution in [0.4, 0.5) is 0 Å². The van der Waals surface area contributed by atoms with Crippen molar-refractivity contribution in [2.75, 3.05) is 0 Å². The van der Waals surface area contributed by atoms with Gasteiger partial charge in [0.25, 0.3) is 0 Å². The maximum absolute atomic E-state index is 4.02. The Hall–Kier alpha value is -4.46. The van der Waals surface area contributed by atoms with Gasteiger partial charge >= 0.3 is 0 Å². The molecule has 0 bridgehead atoms. The summed E-state index contributed by atoms with van der Waals surface area (Å²) >= 11 is 4.02. The predicted octanol–water partition coefficient (Wildman–Crippen LogP) is 12.2. The largest absolute Gasteiger partial charge is 0.0616 e. The van der Waals surface area contributed by atoms with E-state index in [0.29, 0.717) is 5.92 Å². The first-order chi connectivity index (χ1) is 21.7. The zero-order chi connectivity index (χ0) is 29.4. The van der Waals surface area contributed by atoms with Crippen LogP contribution in [0.25, 0.3) is 43.1 Å². The van der Waals surface area contributed by atoms with Crippen LogP contribution in [0.3, 0.4) is 0 Å². The van der Waals surface area contributed by atoms with Gasteiger partial charge in [0.1, 0.15) is 0 Å². The Kier molecular flexibility index (Phi) is 5.93. The molecule has 0 amide bonds. The summed E-state index contributed by atoms with van der Waals surface area (Å²) in [7, 11) is 0. The van der Waals surface area contributed by atoms with E-state index in [1.807, 2.05) is 0 Å². The number of hydrogen-bond donors (Lipinski definition) is 0. The Bertz CT molecular complexity index is 2350. The van der Waals surface area contributed by atoms with Crippen molar-refractivity contribution in [3.8, 4) is 0 Å². The van der Waals surface area contributed by atoms with Crippen LogP contribution in [0.2, 0.25) is 0 Å². The van der Waals surface area contributed by atoms with Crippen molar-refractivity contribution < 1.29 is 0 Å². The minimum absolute atomic E-state index is 0.135. The summed E-state index contributed by atoms with van der Waals surface area (Å²) in [5.41, 5.74) is 8.69. The highest BCUT2D eigenvalue weighted by Crippen LogP contribution is 2.57. The Labute approximate surface area is 266 Å². The van der Waals surface area contributed by atoms with Gasteiger partial charge in [-0.2, -0.15) is 0 Å². The van der Waals surface area contributed by atoms with Crippen LogP contribution in [0.1, 0.15) is 47.4 Å². The van der Waals surface area contributed by atoms with E-state index >= 15 is 0 Å². The lowest BCUT2D eigenvalue weighted by molar-refractivity contribution is 0.635. The number of rotatable bonds is 2. The number of fused-ring (bicyclic) bond motifs is 8. The van der Waals surface area contributed by atoms with Crippen molar-refractivity contribution in [3.63, 3.8) is 0 Å². The van der Waals surface area contributed by atoms with Crippen LogP contribution in [-0.4, -0.2) is 0 Å². The molecule has 3 unspecified atom stereocenters. The smallest absolute Gasteiger partial charge is 0.0349 e. The second kappa shape index (κ2) is 10.0. The molecule has 0 heterocycles. The molecule has 2 aliphatic carbocycles. The summed E-state index contributed by atoms with van der Waals surface area (Å²) in [6, 6.07) is 50.0. The van der Waals surface area contributed by atoms with Crippen molar-refractivity contribution in [1.29, 1.82) is 0 Å². The highest BCUT2D eigenvalue weighted by molar-refractivity contribution is 9.11. The molecular formula is C43H31Br. The van der Waals surface area contributed by atoms with E-state index in [0.717, 1.165) is 6.42 Å². The van der Waals surface area contributed by atoms with E-state index in [-0.39, 0.29) is 11.8 Å². The fourth-order valence-corrected chi connectivity index (χ4v) is 8.53. The van der Waals surface area contributed by atoms with Crippen LogP contribution < -0.4 is 0 Å². The quantitative estimate of drug-likeness (QED) is 0.167. The normalized spacial score (nSPS) is 19.8. The van der Waals surface area contributed by atoms with Gasteiger partial charge in [0.2, 0.25) is 0 Å². The van der Waals surface area contributed by atoms with Gasteiger partial charge in [0.05, 0.1) is 0 Å². The molecule has 0 fully saturated rings. The van der Waals surface area contributed by atoms with E-state index < -0.39 is 0 Å². The van der Waals surface area contributed by atoms with Gasteiger partial charge in [-0.25, -0.2) is 0 Å². The molecule has 0 aliphatic heterocycles. The van der Waals surface area contributed by atoms with Crippen molar-refractivity contribution >= 4 is 59.0 Å². The first-order valence-corrected chi connectivity index (χ1v) is 16.5. The van der Waals surface area contributed by atoms with Crippen LogP contribution in [0.15, 0.2) is 155 Å².